The van der Waals surface area contributed by atoms with Crippen molar-refractivity contribution in [2.75, 3.05) is 26.8 Å². The molecule has 1 amide bonds. The van der Waals surface area contributed by atoms with E-state index in [2.05, 4.69) is 6.07 Å². The van der Waals surface area contributed by atoms with Crippen molar-refractivity contribution in [1.82, 2.24) is 4.90 Å². The first kappa shape index (κ1) is 23.4. The average molecular weight is 453 g/mol. The topological polar surface area (TPSA) is 96.7 Å². The van der Waals surface area contributed by atoms with Gasteiger partial charge >= 0.3 is 11.9 Å². The smallest absolute Gasteiger partial charge is 0.339 e. The molecular weight excluding hydrogens is 428 g/mol. The lowest BCUT2D eigenvalue weighted by molar-refractivity contribution is -0.149. The second kappa shape index (κ2) is 11.3. The average Bonchev–Trinajstić information content (AvgIpc) is 2.85. The molecule has 7 nitrogen and oxygen atoms in total. The molecule has 2 aromatic rings. The molecule has 0 N–H and O–H groups in total. The van der Waals surface area contributed by atoms with E-state index in [1.807, 2.05) is 24.3 Å². The third kappa shape index (κ3) is 6.11. The van der Waals surface area contributed by atoms with Crippen LogP contribution in [0.3, 0.4) is 0 Å². The minimum atomic E-state index is -0.550. The van der Waals surface area contributed by atoms with Gasteiger partial charge in [0.25, 0.3) is 5.91 Å². The zero-order valence-electron chi connectivity index (χ0n) is 17.8. The molecule has 1 aliphatic heterocycles. The van der Waals surface area contributed by atoms with Gasteiger partial charge in [-0.2, -0.15) is 5.26 Å². The fourth-order valence-corrected chi connectivity index (χ4v) is 4.42. The van der Waals surface area contributed by atoms with E-state index in [0.717, 1.165) is 10.5 Å². The lowest BCUT2D eigenvalue weighted by atomic mass is 9.97. The number of carbonyl (C=O) groups excluding carboxylic acids is 3. The number of amides is 1. The van der Waals surface area contributed by atoms with Crippen LogP contribution in [0.15, 0.2) is 53.4 Å². The van der Waals surface area contributed by atoms with Crippen LogP contribution in [0.2, 0.25) is 0 Å². The Hall–Kier alpha value is -3.31. The summed E-state index contributed by atoms with van der Waals surface area (Å²) in [5.41, 5.74) is 2.04. The number of nitrogens with zero attached hydrogens (tertiary/aromatic N) is 2. The second-order valence-corrected chi connectivity index (χ2v) is 8.37. The van der Waals surface area contributed by atoms with Crippen molar-refractivity contribution < 1.29 is 23.9 Å². The van der Waals surface area contributed by atoms with Crippen molar-refractivity contribution in [3.05, 3.63) is 65.2 Å². The molecule has 1 saturated heterocycles. The number of hydrogen-bond donors (Lipinski definition) is 0. The first-order valence-corrected chi connectivity index (χ1v) is 11.2. The Balaban J connectivity index is 1.52. The number of likely N-dealkylation sites (tertiary alicyclic amines) is 1. The first-order chi connectivity index (χ1) is 15.5. The summed E-state index contributed by atoms with van der Waals surface area (Å²) >= 11 is 1.49. The van der Waals surface area contributed by atoms with Crippen LogP contribution >= 0.6 is 11.8 Å². The quantitative estimate of drug-likeness (QED) is 0.469. The summed E-state index contributed by atoms with van der Waals surface area (Å²) in [4.78, 5) is 39.0. The predicted molar refractivity (Wildman–Crippen MR) is 119 cm³/mol. The predicted octanol–water partition coefficient (Wildman–Crippen LogP) is 3.42. The van der Waals surface area contributed by atoms with Crippen molar-refractivity contribution in [1.29, 1.82) is 5.26 Å². The Bertz CT molecular complexity index is 1010. The maximum atomic E-state index is 12.6. The van der Waals surface area contributed by atoms with Crippen LogP contribution in [-0.2, 0) is 24.8 Å². The minimum Gasteiger partial charge on any atom is -0.469 e. The molecule has 0 atom stereocenters. The van der Waals surface area contributed by atoms with Crippen LogP contribution in [0.5, 0.6) is 0 Å². The third-order valence-corrected chi connectivity index (χ3v) is 6.44. The third-order valence-electron chi connectivity index (χ3n) is 5.29. The molecule has 1 fully saturated rings. The monoisotopic (exact) mass is 452 g/mol. The number of thioether (sulfide) groups is 1. The molecule has 0 aromatic heterocycles. The van der Waals surface area contributed by atoms with Gasteiger partial charge in [-0.25, -0.2) is 4.79 Å². The number of hydrogen-bond acceptors (Lipinski definition) is 7. The van der Waals surface area contributed by atoms with Crippen molar-refractivity contribution in [3.63, 3.8) is 0 Å². The molecule has 1 heterocycles. The van der Waals surface area contributed by atoms with E-state index in [4.69, 9.17) is 14.7 Å². The number of esters is 2. The summed E-state index contributed by atoms with van der Waals surface area (Å²) in [5.74, 6) is -0.635. The SMILES string of the molecule is COC(=O)C1CCN(C(=O)COC(=O)c2ccccc2SCc2ccc(C#N)cc2)CC1. The summed E-state index contributed by atoms with van der Waals surface area (Å²) < 4.78 is 10.0. The van der Waals surface area contributed by atoms with Gasteiger partial charge in [0, 0.05) is 23.7 Å². The molecule has 0 spiro atoms. The number of piperidine rings is 1. The van der Waals surface area contributed by atoms with Crippen molar-refractivity contribution in [2.45, 2.75) is 23.5 Å². The summed E-state index contributed by atoms with van der Waals surface area (Å²) in [7, 11) is 1.36. The molecule has 0 saturated carbocycles. The lowest BCUT2D eigenvalue weighted by Crippen LogP contribution is -2.42. The highest BCUT2D eigenvalue weighted by Crippen LogP contribution is 2.27. The molecule has 0 aliphatic carbocycles. The van der Waals surface area contributed by atoms with E-state index >= 15 is 0 Å². The number of nitriles is 1. The van der Waals surface area contributed by atoms with Gasteiger partial charge in [0.05, 0.1) is 30.2 Å². The number of methoxy groups -OCH3 is 1. The minimum absolute atomic E-state index is 0.188. The molecule has 2 aromatic carbocycles. The number of benzene rings is 2. The molecule has 8 heteroatoms. The van der Waals surface area contributed by atoms with E-state index < -0.39 is 5.97 Å². The van der Waals surface area contributed by atoms with Crippen LogP contribution < -0.4 is 0 Å². The molecule has 32 heavy (non-hydrogen) atoms. The summed E-state index contributed by atoms with van der Waals surface area (Å²) in [5, 5.41) is 8.90. The van der Waals surface area contributed by atoms with Crippen LogP contribution in [0.4, 0.5) is 0 Å². The molecule has 166 valence electrons. The summed E-state index contributed by atoms with van der Waals surface area (Å²) in [6.45, 7) is 0.538. The Morgan fingerprint density at radius 2 is 1.78 bits per heavy atom. The van der Waals surface area contributed by atoms with Crippen LogP contribution in [-0.4, -0.2) is 49.6 Å². The lowest BCUT2D eigenvalue weighted by Gasteiger charge is -2.30. The maximum Gasteiger partial charge on any atom is 0.339 e. The largest absolute Gasteiger partial charge is 0.469 e. The summed E-state index contributed by atoms with van der Waals surface area (Å²) in [6, 6.07) is 16.5. The fraction of sp³-hybridized carbons (Fsp3) is 0.333. The number of rotatable bonds is 7. The molecule has 0 unspecified atom stereocenters. The zero-order chi connectivity index (χ0) is 22.9. The number of carbonyl (C=O) groups is 3. The Kier molecular flexibility index (Phi) is 8.28. The van der Waals surface area contributed by atoms with Crippen molar-refractivity contribution in [2.24, 2.45) is 5.92 Å². The highest BCUT2D eigenvalue weighted by Gasteiger charge is 2.28. The van der Waals surface area contributed by atoms with Crippen LogP contribution in [0, 0.1) is 17.2 Å². The zero-order valence-corrected chi connectivity index (χ0v) is 18.6. The van der Waals surface area contributed by atoms with E-state index in [-0.39, 0.29) is 24.4 Å². The van der Waals surface area contributed by atoms with Crippen LogP contribution in [0.25, 0.3) is 0 Å². The van der Waals surface area contributed by atoms with Gasteiger partial charge in [-0.15, -0.1) is 11.8 Å². The van der Waals surface area contributed by atoms with E-state index in [1.54, 1.807) is 29.2 Å². The van der Waals surface area contributed by atoms with E-state index in [0.29, 0.717) is 42.8 Å². The molecule has 0 bridgehead atoms. The van der Waals surface area contributed by atoms with E-state index in [1.165, 1.54) is 18.9 Å². The normalized spacial score (nSPS) is 13.8. The first-order valence-electron chi connectivity index (χ1n) is 10.3. The van der Waals surface area contributed by atoms with Gasteiger partial charge in [-0.1, -0.05) is 24.3 Å². The van der Waals surface area contributed by atoms with Gasteiger partial charge in [-0.3, -0.25) is 9.59 Å². The number of ether oxygens (including phenoxy) is 2. The van der Waals surface area contributed by atoms with Gasteiger partial charge in [-0.05, 0) is 42.7 Å². The summed E-state index contributed by atoms with van der Waals surface area (Å²) in [6.07, 6.45) is 1.09. The Labute approximate surface area is 191 Å². The van der Waals surface area contributed by atoms with Crippen molar-refractivity contribution >= 4 is 29.6 Å². The molecule has 1 aliphatic rings. The highest BCUT2D eigenvalue weighted by atomic mass is 32.2. The van der Waals surface area contributed by atoms with Gasteiger partial charge in [0.2, 0.25) is 0 Å². The van der Waals surface area contributed by atoms with Gasteiger partial charge < -0.3 is 14.4 Å². The molecular formula is C24H24N2O5S. The maximum absolute atomic E-state index is 12.6. The van der Waals surface area contributed by atoms with Crippen LogP contribution in [0.1, 0.15) is 34.3 Å². The second-order valence-electron chi connectivity index (χ2n) is 7.35. The van der Waals surface area contributed by atoms with Crippen molar-refractivity contribution in [3.8, 4) is 6.07 Å². The molecule has 0 radical (unpaired) electrons. The highest BCUT2D eigenvalue weighted by molar-refractivity contribution is 7.98. The van der Waals surface area contributed by atoms with Gasteiger partial charge in [0.1, 0.15) is 0 Å². The van der Waals surface area contributed by atoms with Gasteiger partial charge in [0.15, 0.2) is 6.61 Å². The standard InChI is InChI=1S/C24H24N2O5S/c1-30-23(28)19-10-12-26(13-11-19)22(27)15-31-24(29)20-4-2-3-5-21(20)32-16-18-8-6-17(14-25)7-9-18/h2-9,19H,10-13,15-16H2,1H3. The fourth-order valence-electron chi connectivity index (χ4n) is 3.43. The van der Waals surface area contributed by atoms with E-state index in [9.17, 15) is 14.4 Å². The Morgan fingerprint density at radius 3 is 2.44 bits per heavy atom. The molecule has 3 rings (SSSR count). The Morgan fingerprint density at radius 1 is 1.09 bits per heavy atom.